The zero-order valence-electron chi connectivity index (χ0n) is 40.0. The minimum Gasteiger partial charge on any atom is -0.394 e. The molecule has 11 N–H and O–H groups in total. The molecule has 3 heterocycles. The van der Waals surface area contributed by atoms with E-state index in [9.17, 15) is 61.0 Å². The van der Waals surface area contributed by atoms with E-state index in [-0.39, 0.29) is 34.4 Å². The van der Waals surface area contributed by atoms with E-state index in [0.717, 1.165) is 31.3 Å². The maximum absolute atomic E-state index is 14.9. The minimum absolute atomic E-state index is 0.0510. The highest BCUT2D eigenvalue weighted by Crippen LogP contribution is 2.74. The molecule has 0 aromatic carbocycles. The second-order valence-electron chi connectivity index (χ2n) is 22.8. The smallest absolute Gasteiger partial charge is 0.187 e. The van der Waals surface area contributed by atoms with Crippen LogP contribution < -0.4 is 0 Å². The number of allylic oxidation sites excluding steroid dienone is 1. The summed E-state index contributed by atoms with van der Waals surface area (Å²) in [5.74, 6) is 0.886. The lowest BCUT2D eigenvalue weighted by Gasteiger charge is -2.65. The summed E-state index contributed by atoms with van der Waals surface area (Å²) >= 11 is 0. The van der Waals surface area contributed by atoms with Crippen molar-refractivity contribution in [2.24, 2.45) is 45.3 Å². The van der Waals surface area contributed by atoms with E-state index in [2.05, 4.69) is 47.6 Å². The fourth-order valence-corrected chi connectivity index (χ4v) is 13.7. The van der Waals surface area contributed by atoms with Crippen molar-refractivity contribution in [1.29, 1.82) is 0 Å². The summed E-state index contributed by atoms with van der Waals surface area (Å²) < 4.78 is 35.9. The van der Waals surface area contributed by atoms with E-state index in [4.69, 9.17) is 28.4 Å². The molecular formula is C48H80O18. The highest BCUT2D eigenvalue weighted by atomic mass is 16.8. The molecule has 7 rings (SSSR count). The van der Waals surface area contributed by atoms with Gasteiger partial charge in [0, 0.05) is 17.3 Å². The highest BCUT2D eigenvalue weighted by molar-refractivity contribution is 5.88. The molecule has 0 spiro atoms. The van der Waals surface area contributed by atoms with Crippen molar-refractivity contribution >= 4 is 5.78 Å². The van der Waals surface area contributed by atoms with Crippen molar-refractivity contribution in [2.75, 3.05) is 13.2 Å². The third kappa shape index (κ3) is 8.81. The van der Waals surface area contributed by atoms with E-state index in [1.807, 2.05) is 0 Å². The number of ether oxygens (including phenoxy) is 6. The van der Waals surface area contributed by atoms with Crippen LogP contribution in [0.1, 0.15) is 114 Å². The first kappa shape index (κ1) is 52.6. The van der Waals surface area contributed by atoms with Crippen LogP contribution in [0, 0.1) is 45.3 Å². The minimum atomic E-state index is -1.87. The van der Waals surface area contributed by atoms with E-state index < -0.39 is 134 Å². The highest BCUT2D eigenvalue weighted by Gasteiger charge is 2.70. The van der Waals surface area contributed by atoms with Crippen molar-refractivity contribution in [3.05, 3.63) is 11.6 Å². The Balaban J connectivity index is 1.06. The van der Waals surface area contributed by atoms with Gasteiger partial charge in [-0.25, -0.2) is 0 Å². The topological polar surface area (TPSA) is 295 Å². The lowest BCUT2D eigenvalue weighted by Crippen LogP contribution is -2.65. The molecule has 0 aromatic heterocycles. The van der Waals surface area contributed by atoms with Crippen LogP contribution in [0.15, 0.2) is 11.6 Å². The Morgan fingerprint density at radius 2 is 1.38 bits per heavy atom. The van der Waals surface area contributed by atoms with Crippen LogP contribution in [0.4, 0.5) is 0 Å². The molecule has 3 saturated heterocycles. The Hall–Kier alpha value is -1.27. The first-order valence-corrected chi connectivity index (χ1v) is 24.2. The molecule has 3 saturated carbocycles. The number of aliphatic hydroxyl groups is 11. The molecule has 18 heteroatoms. The molecule has 18 nitrogen and oxygen atoms in total. The van der Waals surface area contributed by atoms with E-state index in [0.29, 0.717) is 31.6 Å². The van der Waals surface area contributed by atoms with Crippen LogP contribution in [0.3, 0.4) is 0 Å². The number of rotatable bonds is 13. The van der Waals surface area contributed by atoms with Crippen LogP contribution in [0.2, 0.25) is 0 Å². The molecule has 0 bridgehead atoms. The normalized spacial score (nSPS) is 50.5. The second kappa shape index (κ2) is 19.1. The monoisotopic (exact) mass is 945 g/mol. The van der Waals surface area contributed by atoms with Gasteiger partial charge in [-0.15, -0.1) is 0 Å². The first-order valence-electron chi connectivity index (χ1n) is 24.2. The Kier molecular flexibility index (Phi) is 15.2. The number of hydrogen-bond donors (Lipinski definition) is 11. The Bertz CT molecular complexity index is 1740. The number of Topliss-reactive ketones (excluding diaryl/α,β-unsaturated/α-hetero) is 1. The standard InChI is InChI=1S/C48H80O18/c1-21(10-14-29(50)45(5,6)60)23-16-17-46(7)28-13-11-24-25(48(28,9)30(51)18-47(23,46)8)12-15-31(44(24,3)4)65-43-40(37(57)32(52)22(2)62-43)66-42-39(59)36(56)34(54)27(64-42)20-61-41-38(58)35(55)33(53)26(19-49)63-41/h11,21-23,25-29,31-43,49-50,52-60H,10,12-20H2,1-9H3. The molecular weight excluding hydrogens is 865 g/mol. The lowest BCUT2D eigenvalue weighted by molar-refractivity contribution is -0.376. The SMILES string of the molecule is CC(CCC(O)C(C)(C)O)C1CCC2(C)C3CC=C4C(CCC(OC5OC(C)C(O)C(O)C5OC5OC(COC6OC(CO)C(O)C(O)C6O)C(O)C(O)C5O)C4(C)C)C3(C)C(=O)CC12C. The van der Waals surface area contributed by atoms with Gasteiger partial charge < -0.3 is 84.6 Å². The lowest BCUT2D eigenvalue weighted by atomic mass is 9.38. The van der Waals surface area contributed by atoms with Gasteiger partial charge in [-0.2, -0.15) is 0 Å². The molecule has 3 aliphatic heterocycles. The largest absolute Gasteiger partial charge is 0.394 e. The fourth-order valence-electron chi connectivity index (χ4n) is 13.7. The predicted molar refractivity (Wildman–Crippen MR) is 233 cm³/mol. The zero-order valence-corrected chi connectivity index (χ0v) is 40.0. The number of hydrogen-bond acceptors (Lipinski definition) is 18. The van der Waals surface area contributed by atoms with Gasteiger partial charge in [0.05, 0.1) is 37.1 Å². The molecule has 66 heavy (non-hydrogen) atoms. The van der Waals surface area contributed by atoms with Gasteiger partial charge >= 0.3 is 0 Å². The van der Waals surface area contributed by atoms with Crippen molar-refractivity contribution in [2.45, 2.75) is 224 Å². The van der Waals surface area contributed by atoms with E-state index in [1.54, 1.807) is 20.8 Å². The number of carbonyl (C=O) groups excluding carboxylic acids is 1. The van der Waals surface area contributed by atoms with Gasteiger partial charge in [-0.05, 0) is 100 Å². The molecule has 0 aromatic rings. The summed E-state index contributed by atoms with van der Waals surface area (Å²) in [6, 6.07) is 0. The van der Waals surface area contributed by atoms with Crippen LogP contribution >= 0.6 is 0 Å². The van der Waals surface area contributed by atoms with Gasteiger partial charge in [0.25, 0.3) is 0 Å². The number of fused-ring (bicyclic) bond motifs is 5. The van der Waals surface area contributed by atoms with Crippen molar-refractivity contribution in [1.82, 2.24) is 0 Å². The van der Waals surface area contributed by atoms with Crippen LogP contribution in [-0.4, -0.2) is 185 Å². The Morgan fingerprint density at radius 3 is 2.02 bits per heavy atom. The summed E-state index contributed by atoms with van der Waals surface area (Å²) in [4.78, 5) is 14.9. The second-order valence-corrected chi connectivity index (χ2v) is 22.8. The van der Waals surface area contributed by atoms with Crippen molar-refractivity contribution in [3.8, 4) is 0 Å². The number of carbonyl (C=O) groups is 1. The summed E-state index contributed by atoms with van der Waals surface area (Å²) in [5, 5.41) is 117. The average molecular weight is 945 g/mol. The zero-order chi connectivity index (χ0) is 48.8. The fraction of sp³-hybridized carbons (Fsp3) is 0.938. The van der Waals surface area contributed by atoms with E-state index >= 15 is 0 Å². The maximum Gasteiger partial charge on any atom is 0.187 e. The Labute approximate surface area is 388 Å². The van der Waals surface area contributed by atoms with Crippen LogP contribution in [0.25, 0.3) is 0 Å². The molecule has 24 unspecified atom stereocenters. The summed E-state index contributed by atoms with van der Waals surface area (Å²) in [7, 11) is 0. The quantitative estimate of drug-likeness (QED) is 0.110. The van der Waals surface area contributed by atoms with Gasteiger partial charge in [-0.1, -0.05) is 53.2 Å². The molecule has 6 fully saturated rings. The number of aliphatic hydroxyl groups excluding tert-OH is 10. The number of ketones is 1. The molecule has 380 valence electrons. The van der Waals surface area contributed by atoms with Gasteiger partial charge in [0.1, 0.15) is 72.9 Å². The average Bonchev–Trinajstić information content (AvgIpc) is 3.52. The molecule has 7 aliphatic rings. The summed E-state index contributed by atoms with van der Waals surface area (Å²) in [6.45, 7) is 16.8. The van der Waals surface area contributed by atoms with Gasteiger partial charge in [0.15, 0.2) is 18.9 Å². The van der Waals surface area contributed by atoms with Crippen LogP contribution in [0.5, 0.6) is 0 Å². The third-order valence-electron chi connectivity index (χ3n) is 18.4. The first-order chi connectivity index (χ1) is 30.6. The molecule has 0 radical (unpaired) electrons. The van der Waals surface area contributed by atoms with Crippen LogP contribution in [-0.2, 0) is 33.2 Å². The van der Waals surface area contributed by atoms with Gasteiger partial charge in [-0.3, -0.25) is 4.79 Å². The molecule has 0 amide bonds. The molecule has 4 aliphatic carbocycles. The van der Waals surface area contributed by atoms with Gasteiger partial charge in [0.2, 0.25) is 0 Å². The maximum atomic E-state index is 14.9. The summed E-state index contributed by atoms with van der Waals surface area (Å²) in [6.07, 6.45) is -16.9. The predicted octanol–water partition coefficient (Wildman–Crippen LogP) is 0.180. The van der Waals surface area contributed by atoms with Crippen molar-refractivity contribution < 1.29 is 89.4 Å². The molecule has 24 atom stereocenters. The Morgan fingerprint density at radius 1 is 0.758 bits per heavy atom. The summed E-state index contributed by atoms with van der Waals surface area (Å²) in [5.41, 5.74) is -1.67. The van der Waals surface area contributed by atoms with Crippen molar-refractivity contribution in [3.63, 3.8) is 0 Å². The van der Waals surface area contributed by atoms with E-state index in [1.165, 1.54) is 0 Å². The third-order valence-corrected chi connectivity index (χ3v) is 18.4.